The first-order valence-corrected chi connectivity index (χ1v) is 9.90. The molecule has 1 atom stereocenters. The van der Waals surface area contributed by atoms with E-state index in [2.05, 4.69) is 20.4 Å². The highest BCUT2D eigenvalue weighted by Gasteiger charge is 2.31. The molecule has 26 heavy (non-hydrogen) atoms. The van der Waals surface area contributed by atoms with Crippen LogP contribution in [0.4, 0.5) is 0 Å². The number of hydrogen-bond acceptors (Lipinski definition) is 4. The predicted octanol–water partition coefficient (Wildman–Crippen LogP) is 1.92. The topological polar surface area (TPSA) is 56.0 Å². The molecule has 1 unspecified atom stereocenters. The van der Waals surface area contributed by atoms with E-state index in [-0.39, 0.29) is 24.0 Å². The minimum atomic E-state index is 0. The molecule has 0 spiro atoms. The summed E-state index contributed by atoms with van der Waals surface area (Å²) in [5.74, 6) is 2.01. The molecule has 4 aliphatic rings. The van der Waals surface area contributed by atoms with Gasteiger partial charge in [0.25, 0.3) is 0 Å². The van der Waals surface area contributed by atoms with Gasteiger partial charge in [-0.25, -0.2) is 0 Å². The number of nitrogens with zero attached hydrogens (tertiary/aromatic N) is 3. The van der Waals surface area contributed by atoms with Gasteiger partial charge in [0.05, 0.1) is 12.8 Å². The molecule has 2 N–H and O–H groups in total. The predicted molar refractivity (Wildman–Crippen MR) is 115 cm³/mol. The molecule has 1 aromatic rings. The Morgan fingerprint density at radius 1 is 1.19 bits per heavy atom. The van der Waals surface area contributed by atoms with Crippen molar-refractivity contribution in [2.24, 2.45) is 4.99 Å². The second-order valence-electron chi connectivity index (χ2n) is 7.56. The second-order valence-corrected chi connectivity index (χ2v) is 7.56. The lowest BCUT2D eigenvalue weighted by molar-refractivity contribution is 0.0174. The van der Waals surface area contributed by atoms with Crippen LogP contribution in [0.1, 0.15) is 31.4 Å². The van der Waals surface area contributed by atoms with Gasteiger partial charge in [-0.05, 0) is 25.0 Å². The first-order valence-electron chi connectivity index (χ1n) is 9.90. The molecule has 2 bridgehead atoms. The molecule has 1 aromatic heterocycles. The van der Waals surface area contributed by atoms with Crippen LogP contribution < -0.4 is 10.6 Å². The Balaban J connectivity index is 0.00000196. The Kier molecular flexibility index (Phi) is 7.63. The van der Waals surface area contributed by atoms with Crippen molar-refractivity contribution in [3.63, 3.8) is 0 Å². The summed E-state index contributed by atoms with van der Waals surface area (Å²) in [5, 5.41) is 7.17. The van der Waals surface area contributed by atoms with E-state index in [9.17, 15) is 0 Å². The number of aliphatic imine (C=N–C) groups is 1. The Bertz CT molecular complexity index is 550. The van der Waals surface area contributed by atoms with Gasteiger partial charge in [0.1, 0.15) is 5.76 Å². The summed E-state index contributed by atoms with van der Waals surface area (Å²) in [6, 6.07) is 5.14. The van der Waals surface area contributed by atoms with Crippen molar-refractivity contribution in [1.29, 1.82) is 0 Å². The van der Waals surface area contributed by atoms with Crippen LogP contribution in [0.15, 0.2) is 27.8 Å². The van der Waals surface area contributed by atoms with Gasteiger partial charge in [0.2, 0.25) is 0 Å². The third kappa shape index (κ3) is 5.36. The number of halogens is 1. The number of rotatable bonds is 6. The van der Waals surface area contributed by atoms with Crippen molar-refractivity contribution in [3.8, 4) is 0 Å². The Labute approximate surface area is 173 Å². The number of piperazine rings is 3. The van der Waals surface area contributed by atoms with Gasteiger partial charge >= 0.3 is 0 Å². The van der Waals surface area contributed by atoms with Gasteiger partial charge in [0.15, 0.2) is 5.96 Å². The molecular weight excluding hydrogens is 441 g/mol. The summed E-state index contributed by atoms with van der Waals surface area (Å²) in [6.07, 6.45) is 7.83. The highest BCUT2D eigenvalue weighted by molar-refractivity contribution is 14.0. The summed E-state index contributed by atoms with van der Waals surface area (Å²) in [4.78, 5) is 10.1. The van der Waals surface area contributed by atoms with Crippen LogP contribution in [0.3, 0.4) is 0 Å². The summed E-state index contributed by atoms with van der Waals surface area (Å²) >= 11 is 0. The van der Waals surface area contributed by atoms with Crippen LogP contribution in [-0.2, 0) is 6.42 Å². The highest BCUT2D eigenvalue weighted by atomic mass is 127. The molecule has 4 heterocycles. The van der Waals surface area contributed by atoms with Crippen LogP contribution in [0, 0.1) is 0 Å². The number of guanidine groups is 1. The van der Waals surface area contributed by atoms with Crippen LogP contribution in [0.25, 0.3) is 0 Å². The lowest BCUT2D eigenvalue weighted by Crippen LogP contribution is -2.62. The number of nitrogens with one attached hydrogen (secondary N) is 2. The summed E-state index contributed by atoms with van der Waals surface area (Å²) in [5.41, 5.74) is 0. The van der Waals surface area contributed by atoms with Crippen LogP contribution in [0.5, 0.6) is 0 Å². The normalized spacial score (nSPS) is 28.8. The lowest BCUT2D eigenvalue weighted by atomic mass is 10.1. The lowest BCUT2D eigenvalue weighted by Gasteiger charge is -2.47. The summed E-state index contributed by atoms with van der Waals surface area (Å²) in [6.45, 7) is 7.79. The average molecular weight is 473 g/mol. The number of hydrogen-bond donors (Lipinski definition) is 2. The third-order valence-corrected chi connectivity index (χ3v) is 5.79. The molecule has 3 saturated heterocycles. The fourth-order valence-corrected chi connectivity index (χ4v) is 4.27. The van der Waals surface area contributed by atoms with Crippen molar-refractivity contribution >= 4 is 29.9 Å². The molecule has 1 aliphatic carbocycles. The maximum Gasteiger partial charge on any atom is 0.191 e. The van der Waals surface area contributed by atoms with Crippen LogP contribution in [-0.4, -0.2) is 73.7 Å². The van der Waals surface area contributed by atoms with E-state index in [0.717, 1.165) is 31.2 Å². The van der Waals surface area contributed by atoms with Crippen LogP contribution >= 0.6 is 24.0 Å². The third-order valence-electron chi connectivity index (χ3n) is 5.79. The van der Waals surface area contributed by atoms with E-state index in [1.54, 1.807) is 6.26 Å². The van der Waals surface area contributed by atoms with Crippen molar-refractivity contribution in [1.82, 2.24) is 20.4 Å². The zero-order chi connectivity index (χ0) is 16.9. The minimum Gasteiger partial charge on any atom is -0.469 e. The maximum absolute atomic E-state index is 5.42. The summed E-state index contributed by atoms with van der Waals surface area (Å²) < 4.78 is 5.42. The molecule has 4 fully saturated rings. The molecule has 3 aliphatic heterocycles. The molecule has 0 amide bonds. The zero-order valence-corrected chi connectivity index (χ0v) is 17.9. The highest BCUT2D eigenvalue weighted by Crippen LogP contribution is 2.18. The van der Waals surface area contributed by atoms with E-state index >= 15 is 0 Å². The maximum atomic E-state index is 5.42. The van der Waals surface area contributed by atoms with Crippen molar-refractivity contribution in [3.05, 3.63) is 24.2 Å². The fraction of sp³-hybridized carbons (Fsp3) is 0.737. The van der Waals surface area contributed by atoms with E-state index in [4.69, 9.17) is 9.41 Å². The van der Waals surface area contributed by atoms with E-state index in [1.807, 2.05) is 12.1 Å². The van der Waals surface area contributed by atoms with Gasteiger partial charge in [-0.1, -0.05) is 12.8 Å². The first kappa shape index (κ1) is 19.9. The molecule has 1 saturated carbocycles. The molecule has 6 nitrogen and oxygen atoms in total. The molecule has 0 radical (unpaired) electrons. The number of fused-ring (bicyclic) bond motifs is 3. The molecular formula is C19H32IN5O. The standard InChI is InChI=1S/C19H31N5O.HI/c1-2-5-16(4-1)22-19(20-8-7-18-6-3-13-25-18)21-14-17-15-23-9-11-24(17)12-10-23;/h3,6,13,16-17H,1-2,4-5,7-12,14-15H2,(H2,20,21,22);1H. The van der Waals surface area contributed by atoms with E-state index in [0.29, 0.717) is 12.1 Å². The summed E-state index contributed by atoms with van der Waals surface area (Å²) in [7, 11) is 0. The van der Waals surface area contributed by atoms with E-state index < -0.39 is 0 Å². The monoisotopic (exact) mass is 473 g/mol. The molecule has 0 aromatic carbocycles. The second kappa shape index (κ2) is 9.94. The molecule has 7 heteroatoms. The Morgan fingerprint density at radius 2 is 2.00 bits per heavy atom. The quantitative estimate of drug-likeness (QED) is 0.376. The van der Waals surface area contributed by atoms with E-state index in [1.165, 1.54) is 58.4 Å². The average Bonchev–Trinajstić information content (AvgIpc) is 3.34. The van der Waals surface area contributed by atoms with Crippen LogP contribution in [0.2, 0.25) is 0 Å². The fourth-order valence-electron chi connectivity index (χ4n) is 4.27. The number of furan rings is 1. The largest absolute Gasteiger partial charge is 0.469 e. The van der Waals surface area contributed by atoms with Gasteiger partial charge < -0.3 is 15.1 Å². The smallest absolute Gasteiger partial charge is 0.191 e. The van der Waals surface area contributed by atoms with Gasteiger partial charge in [-0.15, -0.1) is 24.0 Å². The van der Waals surface area contributed by atoms with Crippen molar-refractivity contribution in [2.45, 2.75) is 44.2 Å². The van der Waals surface area contributed by atoms with Gasteiger partial charge in [0, 0.05) is 57.8 Å². The first-order chi connectivity index (χ1) is 12.4. The minimum absolute atomic E-state index is 0. The zero-order valence-electron chi connectivity index (χ0n) is 15.5. The molecule has 5 rings (SSSR count). The van der Waals surface area contributed by atoms with Gasteiger partial charge in [-0.3, -0.25) is 14.8 Å². The molecule has 146 valence electrons. The Hall–Kier alpha value is -0.800. The van der Waals surface area contributed by atoms with Crippen molar-refractivity contribution in [2.75, 3.05) is 45.8 Å². The van der Waals surface area contributed by atoms with Gasteiger partial charge in [-0.2, -0.15) is 0 Å². The SMILES string of the molecule is I.c1coc(CCNC(=NCC2CN3CCN2CC3)NC2CCCC2)c1. The van der Waals surface area contributed by atoms with Crippen molar-refractivity contribution < 1.29 is 4.42 Å². The Morgan fingerprint density at radius 3 is 2.65 bits per heavy atom.